The zero-order valence-electron chi connectivity index (χ0n) is 18.0. The van der Waals surface area contributed by atoms with Gasteiger partial charge in [-0.05, 0) is 44.4 Å². The zero-order valence-corrected chi connectivity index (χ0v) is 18.0. The van der Waals surface area contributed by atoms with Gasteiger partial charge in [-0.3, -0.25) is 15.0 Å². The van der Waals surface area contributed by atoms with Crippen LogP contribution < -0.4 is 27.2 Å². The number of hydrazine groups is 1. The van der Waals surface area contributed by atoms with Crippen LogP contribution >= 0.6 is 0 Å². The molecule has 1 aromatic rings. The van der Waals surface area contributed by atoms with Gasteiger partial charge >= 0.3 is 12.0 Å². The Morgan fingerprint density at radius 3 is 2.37 bits per heavy atom. The molecule has 1 aliphatic rings. The highest BCUT2D eigenvalue weighted by molar-refractivity contribution is 5.95. The van der Waals surface area contributed by atoms with Crippen molar-refractivity contribution in [1.82, 2.24) is 10.7 Å². The van der Waals surface area contributed by atoms with E-state index in [4.69, 9.17) is 11.6 Å². The first-order valence-electron chi connectivity index (χ1n) is 10.1. The van der Waals surface area contributed by atoms with Gasteiger partial charge in [0, 0.05) is 30.9 Å². The molecule has 0 atom stereocenters. The number of urea groups is 1. The summed E-state index contributed by atoms with van der Waals surface area (Å²) in [6.45, 7) is 7.27. The predicted octanol–water partition coefficient (Wildman–Crippen LogP) is 2.03. The van der Waals surface area contributed by atoms with Gasteiger partial charge in [0.05, 0.1) is 13.0 Å². The van der Waals surface area contributed by atoms with Crippen LogP contribution in [0.1, 0.15) is 52.0 Å². The van der Waals surface area contributed by atoms with Gasteiger partial charge in [-0.2, -0.15) is 0 Å². The summed E-state index contributed by atoms with van der Waals surface area (Å²) in [6.07, 6.45) is 2.73. The number of hydrogen-bond acceptors (Lipinski definition) is 6. The lowest BCUT2D eigenvalue weighted by Gasteiger charge is -2.16. The average Bonchev–Trinajstić information content (AvgIpc) is 3.19. The molecule has 1 aromatic carbocycles. The first-order valence-corrected chi connectivity index (χ1v) is 10.1. The topological polar surface area (TPSA) is 140 Å². The number of allylic oxidation sites excluding steroid dienone is 1. The summed E-state index contributed by atoms with van der Waals surface area (Å²) in [7, 11) is 0. The fraction of sp³-hybridized carbons (Fsp3) is 0.476. The maximum absolute atomic E-state index is 11.6. The van der Waals surface area contributed by atoms with Crippen LogP contribution in [0.2, 0.25) is 0 Å². The number of anilines is 1. The molecule has 6 N–H and O–H groups in total. The highest BCUT2D eigenvalue weighted by Gasteiger charge is 2.21. The number of nitrogens with zero attached hydrogens (tertiary/aromatic N) is 1. The van der Waals surface area contributed by atoms with Crippen molar-refractivity contribution in [3.63, 3.8) is 0 Å². The molecular weight excluding hydrogens is 386 g/mol. The van der Waals surface area contributed by atoms with Gasteiger partial charge in [-0.1, -0.05) is 24.6 Å². The van der Waals surface area contributed by atoms with Crippen LogP contribution in [0.15, 0.2) is 29.8 Å². The van der Waals surface area contributed by atoms with Crippen molar-refractivity contribution in [2.45, 2.75) is 46.5 Å². The van der Waals surface area contributed by atoms with Crippen molar-refractivity contribution in [2.24, 2.45) is 11.6 Å². The molecule has 1 aliphatic heterocycles. The fourth-order valence-corrected chi connectivity index (χ4v) is 2.74. The van der Waals surface area contributed by atoms with E-state index in [1.807, 2.05) is 41.5 Å². The number of hydrogen-bond donors (Lipinski definition) is 4. The Kier molecular flexibility index (Phi) is 11.0. The Bertz CT molecular complexity index is 746. The van der Waals surface area contributed by atoms with Crippen molar-refractivity contribution in [2.75, 3.05) is 24.6 Å². The molecule has 0 saturated carbocycles. The van der Waals surface area contributed by atoms with Crippen LogP contribution in [0.3, 0.4) is 0 Å². The summed E-state index contributed by atoms with van der Waals surface area (Å²) < 4.78 is 4.62. The first-order chi connectivity index (χ1) is 14.3. The summed E-state index contributed by atoms with van der Waals surface area (Å²) in [5.41, 5.74) is 12.0. The molecule has 0 bridgehead atoms. The quantitative estimate of drug-likeness (QED) is 0.231. The van der Waals surface area contributed by atoms with E-state index in [-0.39, 0.29) is 24.8 Å². The second-order valence-corrected chi connectivity index (χ2v) is 6.70. The first kappa shape index (κ1) is 25.0. The lowest BCUT2D eigenvalue weighted by atomic mass is 10.1. The molecule has 9 nitrogen and oxygen atoms in total. The van der Waals surface area contributed by atoms with Crippen LogP contribution in [0.25, 0.3) is 5.70 Å². The van der Waals surface area contributed by atoms with Gasteiger partial charge in [0.2, 0.25) is 5.91 Å². The standard InChI is InChI=1S/C15H20N2O.C6H13N3O3/c1-3-11(2)15(16)12-6-8-13(9-7-12)17-10-4-5-14(17)18;1-2-12-5(10)3-4-8-6(11)9-7/h6-9H,3-5,10,16H2,1-2H3;2-4,7H2,1H3,(H2,8,9,11). The van der Waals surface area contributed by atoms with Crippen LogP contribution in [-0.2, 0) is 14.3 Å². The molecule has 0 aliphatic carbocycles. The minimum Gasteiger partial charge on any atom is -0.466 e. The largest absolute Gasteiger partial charge is 0.466 e. The van der Waals surface area contributed by atoms with E-state index in [1.54, 1.807) is 6.92 Å². The second kappa shape index (κ2) is 13.2. The van der Waals surface area contributed by atoms with E-state index in [9.17, 15) is 14.4 Å². The normalized spacial score (nSPS) is 13.7. The van der Waals surface area contributed by atoms with E-state index >= 15 is 0 Å². The SMILES string of the molecule is CCC(C)=C(N)c1ccc(N2CCCC2=O)cc1.CCOC(=O)CCNC(=O)NN. The Labute approximate surface area is 177 Å². The number of carbonyl (C=O) groups excluding carboxylic acids is 3. The number of ether oxygens (including phenoxy) is 1. The molecule has 166 valence electrons. The molecule has 1 fully saturated rings. The third-order valence-corrected chi connectivity index (χ3v) is 4.60. The number of carbonyl (C=O) groups is 3. The fourth-order valence-electron chi connectivity index (χ4n) is 2.74. The Morgan fingerprint density at radius 2 is 1.87 bits per heavy atom. The lowest BCUT2D eigenvalue weighted by Crippen LogP contribution is -2.40. The lowest BCUT2D eigenvalue weighted by molar-refractivity contribution is -0.142. The number of nitrogens with two attached hydrogens (primary N) is 2. The molecule has 1 heterocycles. The van der Waals surface area contributed by atoms with Crippen LogP contribution in [-0.4, -0.2) is 37.6 Å². The van der Waals surface area contributed by atoms with E-state index in [0.29, 0.717) is 13.0 Å². The van der Waals surface area contributed by atoms with Crippen molar-refractivity contribution in [1.29, 1.82) is 0 Å². The van der Waals surface area contributed by atoms with Gasteiger partial charge < -0.3 is 20.7 Å². The van der Waals surface area contributed by atoms with Crippen LogP contribution in [0.5, 0.6) is 0 Å². The van der Waals surface area contributed by atoms with Gasteiger partial charge in [0.25, 0.3) is 0 Å². The maximum Gasteiger partial charge on any atom is 0.328 e. The van der Waals surface area contributed by atoms with E-state index in [2.05, 4.69) is 17.0 Å². The average molecular weight is 420 g/mol. The highest BCUT2D eigenvalue weighted by Crippen LogP contribution is 2.24. The number of benzene rings is 1. The van der Waals surface area contributed by atoms with Crippen molar-refractivity contribution in [3.05, 3.63) is 35.4 Å². The number of amides is 3. The summed E-state index contributed by atoms with van der Waals surface area (Å²) in [6, 6.07) is 7.44. The molecule has 0 unspecified atom stereocenters. The Morgan fingerprint density at radius 1 is 1.20 bits per heavy atom. The number of nitrogens with one attached hydrogen (secondary N) is 2. The second-order valence-electron chi connectivity index (χ2n) is 6.70. The minimum absolute atomic E-state index is 0.154. The molecular formula is C21H33N5O4. The highest BCUT2D eigenvalue weighted by atomic mass is 16.5. The monoisotopic (exact) mass is 419 g/mol. The Hall–Kier alpha value is -3.07. The van der Waals surface area contributed by atoms with Gasteiger partial charge in [-0.15, -0.1) is 0 Å². The van der Waals surface area contributed by atoms with E-state index < -0.39 is 6.03 Å². The number of esters is 1. The van der Waals surface area contributed by atoms with E-state index in [0.717, 1.165) is 36.3 Å². The molecule has 30 heavy (non-hydrogen) atoms. The zero-order chi connectivity index (χ0) is 22.5. The van der Waals surface area contributed by atoms with Crippen molar-refractivity contribution in [3.8, 4) is 0 Å². The van der Waals surface area contributed by atoms with Crippen molar-refractivity contribution >= 4 is 29.3 Å². The molecule has 2 rings (SSSR count). The van der Waals surface area contributed by atoms with Crippen LogP contribution in [0.4, 0.5) is 10.5 Å². The molecule has 0 radical (unpaired) electrons. The van der Waals surface area contributed by atoms with Gasteiger partial charge in [0.15, 0.2) is 0 Å². The maximum atomic E-state index is 11.6. The summed E-state index contributed by atoms with van der Waals surface area (Å²) >= 11 is 0. The summed E-state index contributed by atoms with van der Waals surface area (Å²) in [4.78, 5) is 34.6. The molecule has 0 aromatic heterocycles. The summed E-state index contributed by atoms with van der Waals surface area (Å²) in [5.74, 6) is 4.65. The smallest absolute Gasteiger partial charge is 0.328 e. The molecule has 0 spiro atoms. The van der Waals surface area contributed by atoms with Gasteiger partial charge in [-0.25, -0.2) is 10.6 Å². The van der Waals surface area contributed by atoms with Crippen molar-refractivity contribution < 1.29 is 19.1 Å². The third-order valence-electron chi connectivity index (χ3n) is 4.60. The van der Waals surface area contributed by atoms with E-state index in [1.165, 1.54) is 5.57 Å². The van der Waals surface area contributed by atoms with Crippen LogP contribution in [0, 0.1) is 0 Å². The molecule has 1 saturated heterocycles. The third kappa shape index (κ3) is 8.12. The predicted molar refractivity (Wildman–Crippen MR) is 117 cm³/mol. The molecule has 9 heteroatoms. The minimum atomic E-state index is -0.515. The molecule has 3 amide bonds. The number of rotatable bonds is 7. The summed E-state index contributed by atoms with van der Waals surface area (Å²) in [5, 5.41) is 2.35. The Balaban J connectivity index is 0.000000329. The van der Waals surface area contributed by atoms with Gasteiger partial charge in [0.1, 0.15) is 0 Å².